The van der Waals surface area contributed by atoms with Crippen molar-refractivity contribution in [2.45, 2.75) is 6.54 Å². The smallest absolute Gasteiger partial charge is 0.223 e. The lowest BCUT2D eigenvalue weighted by molar-refractivity contribution is 0.414. The Kier molecular flexibility index (Phi) is 4.90. The molecule has 0 aliphatic carbocycles. The fourth-order valence-corrected chi connectivity index (χ4v) is 3.15. The third kappa shape index (κ3) is 3.86. The van der Waals surface area contributed by atoms with E-state index in [1.165, 1.54) is 0 Å². The lowest BCUT2D eigenvalue weighted by Gasteiger charge is -2.08. The van der Waals surface area contributed by atoms with Gasteiger partial charge in [-0.05, 0) is 41.5 Å². The number of methoxy groups -OCH3 is 1. The quantitative estimate of drug-likeness (QED) is 0.495. The Balaban J connectivity index is 1.54. The van der Waals surface area contributed by atoms with Crippen molar-refractivity contribution in [3.63, 3.8) is 0 Å². The standard InChI is InChI=1S/C22H18ClN3O/c1-27-18-9-6-15(7-10-18)13-24-22-25-14-17-12-16(8-11-21(17)26-22)19-4-2-3-5-20(19)23/h2-12,14H,13H2,1H3,(H,24,25,26). The summed E-state index contributed by atoms with van der Waals surface area (Å²) in [5.74, 6) is 1.44. The average Bonchev–Trinajstić information content (AvgIpc) is 2.72. The molecule has 0 aliphatic heterocycles. The molecule has 0 saturated carbocycles. The van der Waals surface area contributed by atoms with Crippen LogP contribution in [0, 0.1) is 0 Å². The molecule has 134 valence electrons. The van der Waals surface area contributed by atoms with Crippen LogP contribution in [0.4, 0.5) is 5.95 Å². The highest BCUT2D eigenvalue weighted by Crippen LogP contribution is 2.29. The Labute approximate surface area is 162 Å². The maximum Gasteiger partial charge on any atom is 0.223 e. The van der Waals surface area contributed by atoms with E-state index in [0.717, 1.165) is 38.4 Å². The third-order valence-electron chi connectivity index (χ3n) is 4.37. The number of fused-ring (bicyclic) bond motifs is 1. The van der Waals surface area contributed by atoms with Gasteiger partial charge in [-0.3, -0.25) is 0 Å². The van der Waals surface area contributed by atoms with Crippen LogP contribution >= 0.6 is 11.6 Å². The van der Waals surface area contributed by atoms with Crippen LogP contribution in [0.25, 0.3) is 22.0 Å². The minimum atomic E-state index is 0.601. The van der Waals surface area contributed by atoms with Crippen LogP contribution in [0.3, 0.4) is 0 Å². The van der Waals surface area contributed by atoms with Gasteiger partial charge in [0.1, 0.15) is 5.75 Å². The number of aromatic nitrogens is 2. The monoisotopic (exact) mass is 375 g/mol. The average molecular weight is 376 g/mol. The highest BCUT2D eigenvalue weighted by molar-refractivity contribution is 6.33. The fourth-order valence-electron chi connectivity index (χ4n) is 2.91. The summed E-state index contributed by atoms with van der Waals surface area (Å²) >= 11 is 6.30. The van der Waals surface area contributed by atoms with E-state index in [2.05, 4.69) is 21.4 Å². The van der Waals surface area contributed by atoms with Crippen molar-refractivity contribution >= 4 is 28.5 Å². The van der Waals surface area contributed by atoms with E-state index in [0.29, 0.717) is 12.5 Å². The number of rotatable bonds is 5. The van der Waals surface area contributed by atoms with Crippen molar-refractivity contribution in [3.8, 4) is 16.9 Å². The van der Waals surface area contributed by atoms with Gasteiger partial charge in [0.25, 0.3) is 0 Å². The molecular formula is C22H18ClN3O. The molecule has 0 spiro atoms. The van der Waals surface area contributed by atoms with Gasteiger partial charge in [-0.2, -0.15) is 0 Å². The predicted molar refractivity (Wildman–Crippen MR) is 110 cm³/mol. The number of nitrogens with zero attached hydrogens (tertiary/aromatic N) is 2. The molecule has 1 N–H and O–H groups in total. The largest absolute Gasteiger partial charge is 0.497 e. The molecule has 0 saturated heterocycles. The van der Waals surface area contributed by atoms with Crippen LogP contribution in [0.1, 0.15) is 5.56 Å². The Morgan fingerprint density at radius 2 is 1.81 bits per heavy atom. The summed E-state index contributed by atoms with van der Waals surface area (Å²) in [4.78, 5) is 9.03. The van der Waals surface area contributed by atoms with Crippen molar-refractivity contribution in [2.75, 3.05) is 12.4 Å². The second kappa shape index (κ2) is 7.64. The van der Waals surface area contributed by atoms with Gasteiger partial charge in [0.15, 0.2) is 0 Å². The van der Waals surface area contributed by atoms with Crippen LogP contribution < -0.4 is 10.1 Å². The first kappa shape index (κ1) is 17.3. The zero-order valence-electron chi connectivity index (χ0n) is 14.8. The molecule has 3 aromatic carbocycles. The van der Waals surface area contributed by atoms with Gasteiger partial charge < -0.3 is 10.1 Å². The Morgan fingerprint density at radius 3 is 2.59 bits per heavy atom. The Bertz CT molecular complexity index is 1080. The molecule has 0 bridgehead atoms. The van der Waals surface area contributed by atoms with E-state index < -0.39 is 0 Å². The summed E-state index contributed by atoms with van der Waals surface area (Å²) in [6.45, 7) is 0.646. The molecule has 0 aliphatic rings. The number of hydrogen-bond acceptors (Lipinski definition) is 4. The lowest BCUT2D eigenvalue weighted by atomic mass is 10.0. The molecule has 0 radical (unpaired) electrons. The van der Waals surface area contributed by atoms with Crippen molar-refractivity contribution < 1.29 is 4.74 Å². The SMILES string of the molecule is COc1ccc(CNc2ncc3cc(-c4ccccc4Cl)ccc3n2)cc1. The fraction of sp³-hybridized carbons (Fsp3) is 0.0909. The lowest BCUT2D eigenvalue weighted by Crippen LogP contribution is -2.03. The number of ether oxygens (including phenoxy) is 1. The number of nitrogens with one attached hydrogen (secondary N) is 1. The summed E-state index contributed by atoms with van der Waals surface area (Å²) in [6, 6.07) is 21.8. The topological polar surface area (TPSA) is 47.0 Å². The van der Waals surface area contributed by atoms with Gasteiger partial charge in [0.2, 0.25) is 5.95 Å². The van der Waals surface area contributed by atoms with Crippen molar-refractivity contribution in [2.24, 2.45) is 0 Å². The minimum absolute atomic E-state index is 0.601. The molecule has 0 unspecified atom stereocenters. The van der Waals surface area contributed by atoms with E-state index in [9.17, 15) is 0 Å². The minimum Gasteiger partial charge on any atom is -0.497 e. The van der Waals surface area contributed by atoms with Gasteiger partial charge in [0.05, 0.1) is 12.6 Å². The molecule has 1 heterocycles. The zero-order valence-corrected chi connectivity index (χ0v) is 15.6. The van der Waals surface area contributed by atoms with Gasteiger partial charge in [-0.1, -0.05) is 48.0 Å². The number of halogens is 1. The highest BCUT2D eigenvalue weighted by Gasteiger charge is 2.06. The van der Waals surface area contributed by atoms with Gasteiger partial charge in [-0.15, -0.1) is 0 Å². The van der Waals surface area contributed by atoms with Crippen LogP contribution in [-0.4, -0.2) is 17.1 Å². The van der Waals surface area contributed by atoms with E-state index >= 15 is 0 Å². The van der Waals surface area contributed by atoms with Gasteiger partial charge >= 0.3 is 0 Å². The molecule has 1 aromatic heterocycles. The number of anilines is 1. The summed E-state index contributed by atoms with van der Waals surface area (Å²) in [5, 5.41) is 4.97. The van der Waals surface area contributed by atoms with Gasteiger partial charge in [-0.25, -0.2) is 9.97 Å². The second-order valence-electron chi connectivity index (χ2n) is 6.15. The maximum atomic E-state index is 6.30. The Hall–Kier alpha value is -3.11. The number of hydrogen-bond donors (Lipinski definition) is 1. The van der Waals surface area contributed by atoms with Crippen LogP contribution in [0.2, 0.25) is 5.02 Å². The van der Waals surface area contributed by atoms with Crippen molar-refractivity contribution in [1.29, 1.82) is 0 Å². The van der Waals surface area contributed by atoms with E-state index in [1.807, 2.05) is 66.9 Å². The molecule has 4 nitrogen and oxygen atoms in total. The summed E-state index contributed by atoms with van der Waals surface area (Å²) in [5.41, 5.74) is 4.07. The van der Waals surface area contributed by atoms with E-state index in [-0.39, 0.29) is 0 Å². The molecule has 0 fully saturated rings. The summed E-state index contributed by atoms with van der Waals surface area (Å²) in [6.07, 6.45) is 1.83. The van der Waals surface area contributed by atoms with E-state index in [4.69, 9.17) is 16.3 Å². The summed E-state index contributed by atoms with van der Waals surface area (Å²) in [7, 11) is 1.66. The van der Waals surface area contributed by atoms with Crippen molar-refractivity contribution in [3.05, 3.63) is 83.5 Å². The molecule has 0 amide bonds. The molecule has 0 atom stereocenters. The third-order valence-corrected chi connectivity index (χ3v) is 4.70. The molecule has 5 heteroatoms. The molecule has 4 aromatic rings. The van der Waals surface area contributed by atoms with Crippen LogP contribution in [0.15, 0.2) is 72.9 Å². The first-order chi connectivity index (χ1) is 13.2. The first-order valence-corrected chi connectivity index (χ1v) is 8.99. The number of benzene rings is 3. The molecule has 27 heavy (non-hydrogen) atoms. The Morgan fingerprint density at radius 1 is 1.00 bits per heavy atom. The maximum absolute atomic E-state index is 6.30. The normalized spacial score (nSPS) is 10.7. The van der Waals surface area contributed by atoms with Crippen LogP contribution in [-0.2, 0) is 6.54 Å². The highest BCUT2D eigenvalue weighted by atomic mass is 35.5. The van der Waals surface area contributed by atoms with Crippen molar-refractivity contribution in [1.82, 2.24) is 9.97 Å². The molecule has 4 rings (SSSR count). The zero-order chi connectivity index (χ0) is 18.6. The van der Waals surface area contributed by atoms with E-state index in [1.54, 1.807) is 7.11 Å². The second-order valence-corrected chi connectivity index (χ2v) is 6.56. The van der Waals surface area contributed by atoms with Crippen LogP contribution in [0.5, 0.6) is 5.75 Å². The first-order valence-electron chi connectivity index (χ1n) is 8.61. The summed E-state index contributed by atoms with van der Waals surface area (Å²) < 4.78 is 5.18. The van der Waals surface area contributed by atoms with Gasteiger partial charge in [0, 0.05) is 28.7 Å². The molecular weight excluding hydrogens is 358 g/mol. The predicted octanol–water partition coefficient (Wildman–Crippen LogP) is 5.57.